The lowest BCUT2D eigenvalue weighted by atomic mass is 10.0. The Bertz CT molecular complexity index is 456. The monoisotopic (exact) mass is 289 g/mol. The van der Waals surface area contributed by atoms with Crippen LogP contribution in [-0.4, -0.2) is 30.5 Å². The van der Waals surface area contributed by atoms with Crippen molar-refractivity contribution in [3.63, 3.8) is 0 Å². The SMILES string of the molecule is CC(NCC1(O)CCOC1)c1cccc(C(F)(F)F)c1. The molecule has 2 unspecified atom stereocenters. The summed E-state index contributed by atoms with van der Waals surface area (Å²) in [5, 5.41) is 13.2. The van der Waals surface area contributed by atoms with E-state index in [9.17, 15) is 18.3 Å². The van der Waals surface area contributed by atoms with Crippen LogP contribution in [0.15, 0.2) is 24.3 Å². The third-order valence-corrected chi connectivity index (χ3v) is 3.53. The standard InChI is InChI=1S/C14H18F3NO2/c1-10(18-8-13(19)5-6-20-9-13)11-3-2-4-12(7-11)14(15,16)17/h2-4,7,10,18-19H,5-6,8-9H2,1H3. The molecule has 1 fully saturated rings. The molecule has 6 heteroatoms. The molecule has 2 rings (SSSR count). The van der Waals surface area contributed by atoms with Crippen molar-refractivity contribution >= 4 is 0 Å². The Morgan fingerprint density at radius 1 is 1.45 bits per heavy atom. The quantitative estimate of drug-likeness (QED) is 0.895. The molecule has 0 spiro atoms. The third-order valence-electron chi connectivity index (χ3n) is 3.53. The van der Waals surface area contributed by atoms with Crippen molar-refractivity contribution in [3.05, 3.63) is 35.4 Å². The van der Waals surface area contributed by atoms with Crippen LogP contribution < -0.4 is 5.32 Å². The van der Waals surface area contributed by atoms with Gasteiger partial charge in [0.1, 0.15) is 5.60 Å². The Morgan fingerprint density at radius 2 is 2.20 bits per heavy atom. The summed E-state index contributed by atoms with van der Waals surface area (Å²) in [6.45, 7) is 2.84. The topological polar surface area (TPSA) is 41.5 Å². The maximum absolute atomic E-state index is 12.6. The fourth-order valence-corrected chi connectivity index (χ4v) is 2.18. The van der Waals surface area contributed by atoms with Crippen LogP contribution in [0.4, 0.5) is 13.2 Å². The van der Waals surface area contributed by atoms with E-state index in [-0.39, 0.29) is 12.6 Å². The lowest BCUT2D eigenvalue weighted by Crippen LogP contribution is -2.41. The fourth-order valence-electron chi connectivity index (χ4n) is 2.18. The largest absolute Gasteiger partial charge is 0.416 e. The lowest BCUT2D eigenvalue weighted by molar-refractivity contribution is -0.137. The number of alkyl halides is 3. The molecule has 1 aliphatic heterocycles. The first kappa shape index (κ1) is 15.3. The summed E-state index contributed by atoms with van der Waals surface area (Å²) in [5.74, 6) is 0. The Labute approximate surface area is 115 Å². The minimum Gasteiger partial charge on any atom is -0.386 e. The number of rotatable bonds is 4. The van der Waals surface area contributed by atoms with Gasteiger partial charge in [-0.25, -0.2) is 0 Å². The Balaban J connectivity index is 2.00. The molecular weight excluding hydrogens is 271 g/mol. The first-order chi connectivity index (χ1) is 9.30. The van der Waals surface area contributed by atoms with Crippen LogP contribution in [0.25, 0.3) is 0 Å². The van der Waals surface area contributed by atoms with Gasteiger partial charge in [-0.2, -0.15) is 13.2 Å². The zero-order chi connectivity index (χ0) is 14.8. The maximum Gasteiger partial charge on any atom is 0.416 e. The van der Waals surface area contributed by atoms with Crippen LogP contribution in [0.3, 0.4) is 0 Å². The predicted molar refractivity (Wildman–Crippen MR) is 68.2 cm³/mol. The highest BCUT2D eigenvalue weighted by Crippen LogP contribution is 2.30. The minimum absolute atomic E-state index is 0.259. The number of hydrogen-bond acceptors (Lipinski definition) is 3. The Morgan fingerprint density at radius 3 is 2.80 bits per heavy atom. The molecule has 0 bridgehead atoms. The average Bonchev–Trinajstić information content (AvgIpc) is 2.83. The Hall–Kier alpha value is -1.11. The number of halogens is 3. The van der Waals surface area contributed by atoms with Crippen LogP contribution in [0.1, 0.15) is 30.5 Å². The summed E-state index contributed by atoms with van der Waals surface area (Å²) >= 11 is 0. The summed E-state index contributed by atoms with van der Waals surface area (Å²) in [4.78, 5) is 0. The number of ether oxygens (including phenoxy) is 1. The molecule has 2 atom stereocenters. The van der Waals surface area contributed by atoms with Gasteiger partial charge in [-0.3, -0.25) is 0 Å². The van der Waals surface area contributed by atoms with E-state index in [2.05, 4.69) is 5.32 Å². The molecule has 1 heterocycles. The van der Waals surface area contributed by atoms with Crippen molar-refractivity contribution in [3.8, 4) is 0 Å². The van der Waals surface area contributed by atoms with Gasteiger partial charge in [0.05, 0.1) is 12.2 Å². The van der Waals surface area contributed by atoms with E-state index >= 15 is 0 Å². The van der Waals surface area contributed by atoms with Gasteiger partial charge in [-0.05, 0) is 24.6 Å². The highest BCUT2D eigenvalue weighted by atomic mass is 19.4. The molecule has 0 aromatic heterocycles. The molecule has 0 radical (unpaired) electrons. The van der Waals surface area contributed by atoms with Gasteiger partial charge >= 0.3 is 6.18 Å². The molecule has 3 nitrogen and oxygen atoms in total. The second-order valence-corrected chi connectivity index (χ2v) is 5.25. The van der Waals surface area contributed by atoms with Gasteiger partial charge in [0.15, 0.2) is 0 Å². The van der Waals surface area contributed by atoms with Crippen molar-refractivity contribution in [1.82, 2.24) is 5.32 Å². The first-order valence-corrected chi connectivity index (χ1v) is 6.51. The molecule has 0 amide bonds. The van der Waals surface area contributed by atoms with Gasteiger partial charge in [0.2, 0.25) is 0 Å². The van der Waals surface area contributed by atoms with Crippen molar-refractivity contribution < 1.29 is 23.0 Å². The van der Waals surface area contributed by atoms with Crippen molar-refractivity contribution in [2.75, 3.05) is 19.8 Å². The minimum atomic E-state index is -4.34. The van der Waals surface area contributed by atoms with E-state index in [1.54, 1.807) is 13.0 Å². The van der Waals surface area contributed by atoms with E-state index < -0.39 is 17.3 Å². The van der Waals surface area contributed by atoms with Crippen molar-refractivity contribution in [2.24, 2.45) is 0 Å². The molecule has 0 saturated carbocycles. The van der Waals surface area contributed by atoms with Crippen LogP contribution in [0.2, 0.25) is 0 Å². The van der Waals surface area contributed by atoms with Gasteiger partial charge in [0.25, 0.3) is 0 Å². The molecule has 1 aromatic rings. The fraction of sp³-hybridized carbons (Fsp3) is 0.571. The summed E-state index contributed by atoms with van der Waals surface area (Å²) in [6, 6.07) is 4.94. The number of hydrogen-bond donors (Lipinski definition) is 2. The molecule has 20 heavy (non-hydrogen) atoms. The van der Waals surface area contributed by atoms with Crippen molar-refractivity contribution in [1.29, 1.82) is 0 Å². The lowest BCUT2D eigenvalue weighted by Gasteiger charge is -2.24. The van der Waals surface area contributed by atoms with Crippen LogP contribution >= 0.6 is 0 Å². The molecule has 2 N–H and O–H groups in total. The summed E-state index contributed by atoms with van der Waals surface area (Å²) < 4.78 is 43.1. The van der Waals surface area contributed by atoms with Gasteiger partial charge < -0.3 is 15.2 Å². The first-order valence-electron chi connectivity index (χ1n) is 6.51. The van der Waals surface area contributed by atoms with Gasteiger partial charge in [-0.1, -0.05) is 12.1 Å². The number of aliphatic hydroxyl groups is 1. The third kappa shape index (κ3) is 3.71. The van der Waals surface area contributed by atoms with Crippen LogP contribution in [0, 0.1) is 0 Å². The van der Waals surface area contributed by atoms with E-state index in [1.807, 2.05) is 0 Å². The van der Waals surface area contributed by atoms with Crippen LogP contribution in [0.5, 0.6) is 0 Å². The zero-order valence-electron chi connectivity index (χ0n) is 11.2. The second kappa shape index (κ2) is 5.71. The van der Waals surface area contributed by atoms with E-state index in [1.165, 1.54) is 6.07 Å². The highest BCUT2D eigenvalue weighted by molar-refractivity contribution is 5.27. The molecule has 1 aliphatic rings. The van der Waals surface area contributed by atoms with E-state index in [0.717, 1.165) is 12.1 Å². The maximum atomic E-state index is 12.6. The summed E-state index contributed by atoms with van der Waals surface area (Å²) in [7, 11) is 0. The van der Waals surface area contributed by atoms with E-state index in [0.29, 0.717) is 25.1 Å². The molecular formula is C14H18F3NO2. The van der Waals surface area contributed by atoms with E-state index in [4.69, 9.17) is 4.74 Å². The highest BCUT2D eigenvalue weighted by Gasteiger charge is 2.33. The molecule has 112 valence electrons. The second-order valence-electron chi connectivity index (χ2n) is 5.25. The summed E-state index contributed by atoms with van der Waals surface area (Å²) in [6.07, 6.45) is -3.80. The zero-order valence-corrected chi connectivity index (χ0v) is 11.2. The average molecular weight is 289 g/mol. The van der Waals surface area contributed by atoms with Crippen LogP contribution in [-0.2, 0) is 10.9 Å². The van der Waals surface area contributed by atoms with Gasteiger partial charge in [-0.15, -0.1) is 0 Å². The van der Waals surface area contributed by atoms with Gasteiger partial charge in [0, 0.05) is 25.6 Å². The number of benzene rings is 1. The number of nitrogens with one attached hydrogen (secondary N) is 1. The molecule has 0 aliphatic carbocycles. The smallest absolute Gasteiger partial charge is 0.386 e. The normalized spacial score (nSPS) is 24.9. The summed E-state index contributed by atoms with van der Waals surface area (Å²) in [5.41, 5.74) is -1.04. The predicted octanol–water partition coefficient (Wildman–Crippen LogP) is 2.51. The molecule has 1 saturated heterocycles. The molecule has 1 aromatic carbocycles. The Kier molecular flexibility index (Phi) is 4.36. The van der Waals surface area contributed by atoms with Crippen molar-refractivity contribution in [2.45, 2.75) is 31.2 Å².